The molecule has 0 radical (unpaired) electrons. The van der Waals surface area contributed by atoms with Crippen LogP contribution in [0.25, 0.3) is 0 Å². The highest BCUT2D eigenvalue weighted by atomic mass is 32.1. The van der Waals surface area contributed by atoms with Gasteiger partial charge in [-0.2, -0.15) is 13.2 Å². The summed E-state index contributed by atoms with van der Waals surface area (Å²) >= 11 is 1.47. The minimum Gasteiger partial charge on any atom is -0.480 e. The molecule has 1 aromatic carbocycles. The normalized spacial score (nSPS) is 12.7. The Bertz CT molecular complexity index is 644. The van der Waals surface area contributed by atoms with Crippen molar-refractivity contribution in [1.82, 2.24) is 10.3 Å². The highest BCUT2D eigenvalue weighted by Gasteiger charge is 2.34. The van der Waals surface area contributed by atoms with E-state index in [0.29, 0.717) is 13.0 Å². The quantitative estimate of drug-likeness (QED) is 0.875. The van der Waals surface area contributed by atoms with Crippen molar-refractivity contribution in [1.29, 1.82) is 0 Å². The van der Waals surface area contributed by atoms with E-state index in [1.165, 1.54) is 36.5 Å². The number of alkyl halides is 3. The summed E-state index contributed by atoms with van der Waals surface area (Å²) in [7, 11) is 0. The molecule has 4 nitrogen and oxygen atoms in total. The molecule has 23 heavy (non-hydrogen) atoms. The molecule has 1 N–H and O–H groups in total. The molecule has 1 heterocycles. The van der Waals surface area contributed by atoms with Gasteiger partial charge in [-0.1, -0.05) is 12.1 Å². The van der Waals surface area contributed by atoms with E-state index in [4.69, 9.17) is 4.74 Å². The Balaban J connectivity index is 1.91. The molecule has 1 unspecified atom stereocenters. The number of carbonyl (C=O) groups is 1. The fourth-order valence-electron chi connectivity index (χ4n) is 1.86. The second-order valence-corrected chi connectivity index (χ2v) is 5.70. The Morgan fingerprint density at radius 3 is 2.78 bits per heavy atom. The van der Waals surface area contributed by atoms with Gasteiger partial charge in [0.15, 0.2) is 6.10 Å². The first-order valence-corrected chi connectivity index (χ1v) is 7.75. The summed E-state index contributed by atoms with van der Waals surface area (Å²) in [5.74, 6) is -0.832. The van der Waals surface area contributed by atoms with Gasteiger partial charge in [0.2, 0.25) is 0 Å². The molecular weight excluding hydrogens is 329 g/mol. The standard InChI is InChI=1S/C15H15F3N2O2S/c1-10(14(21)20-7-6-13-19-8-9-23-13)22-12-5-3-2-4-11(12)15(16,17)18/h2-5,8-10H,6-7H2,1H3,(H,20,21). The molecule has 0 fully saturated rings. The lowest BCUT2D eigenvalue weighted by Gasteiger charge is -2.18. The molecule has 124 valence electrons. The third-order valence-corrected chi connectivity index (χ3v) is 3.83. The van der Waals surface area contributed by atoms with Crippen LogP contribution in [0.4, 0.5) is 13.2 Å². The average molecular weight is 344 g/mol. The molecule has 8 heteroatoms. The van der Waals surface area contributed by atoms with Crippen LogP contribution in [0.5, 0.6) is 5.75 Å². The van der Waals surface area contributed by atoms with Crippen molar-refractivity contribution in [3.63, 3.8) is 0 Å². The lowest BCUT2D eigenvalue weighted by molar-refractivity contribution is -0.140. The number of thiazole rings is 1. The van der Waals surface area contributed by atoms with Gasteiger partial charge < -0.3 is 10.1 Å². The molecule has 0 aliphatic rings. The smallest absolute Gasteiger partial charge is 0.419 e. The third kappa shape index (κ3) is 4.95. The van der Waals surface area contributed by atoms with Crippen molar-refractivity contribution in [3.8, 4) is 5.75 Å². The summed E-state index contributed by atoms with van der Waals surface area (Å²) in [5.41, 5.74) is -0.901. The Labute approximate surface area is 135 Å². The minimum absolute atomic E-state index is 0.348. The number of para-hydroxylation sites is 1. The lowest BCUT2D eigenvalue weighted by Crippen LogP contribution is -2.37. The van der Waals surface area contributed by atoms with Crippen molar-refractivity contribution in [2.24, 2.45) is 0 Å². The molecule has 0 saturated carbocycles. The third-order valence-electron chi connectivity index (χ3n) is 2.99. The molecule has 1 atom stereocenters. The van der Waals surface area contributed by atoms with E-state index in [-0.39, 0.29) is 5.75 Å². The fraction of sp³-hybridized carbons (Fsp3) is 0.333. The SMILES string of the molecule is CC(Oc1ccccc1C(F)(F)F)C(=O)NCCc1nccs1. The zero-order valence-corrected chi connectivity index (χ0v) is 13.1. The maximum absolute atomic E-state index is 12.9. The van der Waals surface area contributed by atoms with Crippen molar-refractivity contribution < 1.29 is 22.7 Å². The van der Waals surface area contributed by atoms with Crippen molar-refractivity contribution in [3.05, 3.63) is 46.4 Å². The van der Waals surface area contributed by atoms with Gasteiger partial charge in [-0.25, -0.2) is 4.98 Å². The minimum atomic E-state index is -4.53. The summed E-state index contributed by atoms with van der Waals surface area (Å²) in [6.07, 6.45) is -3.33. The Morgan fingerprint density at radius 2 is 2.13 bits per heavy atom. The van der Waals surface area contributed by atoms with E-state index in [9.17, 15) is 18.0 Å². The molecule has 0 aliphatic carbocycles. The molecule has 0 spiro atoms. The van der Waals surface area contributed by atoms with Crippen LogP contribution in [-0.2, 0) is 17.4 Å². The topological polar surface area (TPSA) is 51.2 Å². The monoisotopic (exact) mass is 344 g/mol. The lowest BCUT2D eigenvalue weighted by atomic mass is 10.2. The van der Waals surface area contributed by atoms with Gasteiger partial charge in [0.25, 0.3) is 5.91 Å². The predicted octanol–water partition coefficient (Wildman–Crippen LogP) is 3.29. The number of carbonyl (C=O) groups excluding carboxylic acids is 1. The first-order valence-electron chi connectivity index (χ1n) is 6.87. The molecular formula is C15H15F3N2O2S. The number of aromatic nitrogens is 1. The molecule has 1 amide bonds. The number of rotatable bonds is 6. The van der Waals surface area contributed by atoms with Crippen LogP contribution >= 0.6 is 11.3 Å². The number of hydrogen-bond acceptors (Lipinski definition) is 4. The van der Waals surface area contributed by atoms with Crippen LogP contribution in [0.15, 0.2) is 35.8 Å². The van der Waals surface area contributed by atoms with Crippen molar-refractivity contribution in [2.75, 3.05) is 6.54 Å². The molecule has 2 rings (SSSR count). The molecule has 2 aromatic rings. The summed E-state index contributed by atoms with van der Waals surface area (Å²) in [6, 6.07) is 4.82. The first-order chi connectivity index (χ1) is 10.9. The number of halogens is 3. The summed E-state index contributed by atoms with van der Waals surface area (Å²) in [4.78, 5) is 16.0. The Kier molecular flexibility index (Phi) is 5.59. The molecule has 1 aromatic heterocycles. The van der Waals surface area contributed by atoms with Crippen molar-refractivity contribution in [2.45, 2.75) is 25.6 Å². The second kappa shape index (κ2) is 7.45. The summed E-state index contributed by atoms with van der Waals surface area (Å²) in [5, 5.41) is 5.33. The number of amides is 1. The number of ether oxygens (including phenoxy) is 1. The van der Waals surface area contributed by atoms with Crippen LogP contribution < -0.4 is 10.1 Å². The summed E-state index contributed by atoms with van der Waals surface area (Å²) < 4.78 is 43.8. The van der Waals surface area contributed by atoms with E-state index < -0.39 is 23.8 Å². The van der Waals surface area contributed by atoms with E-state index in [1.807, 2.05) is 5.38 Å². The van der Waals surface area contributed by atoms with Crippen LogP contribution in [-0.4, -0.2) is 23.5 Å². The van der Waals surface area contributed by atoms with Gasteiger partial charge >= 0.3 is 6.18 Å². The van der Waals surface area contributed by atoms with E-state index in [2.05, 4.69) is 10.3 Å². The van der Waals surface area contributed by atoms with Crippen molar-refractivity contribution >= 4 is 17.2 Å². The average Bonchev–Trinajstić information content (AvgIpc) is 3.00. The second-order valence-electron chi connectivity index (χ2n) is 4.72. The molecule has 0 saturated heterocycles. The summed E-state index contributed by atoms with van der Waals surface area (Å²) in [6.45, 7) is 1.76. The number of nitrogens with zero attached hydrogens (tertiary/aromatic N) is 1. The zero-order valence-electron chi connectivity index (χ0n) is 12.3. The van der Waals surface area contributed by atoms with Gasteiger partial charge in [-0.15, -0.1) is 11.3 Å². The van der Waals surface area contributed by atoms with Gasteiger partial charge in [-0.3, -0.25) is 4.79 Å². The van der Waals surface area contributed by atoms with Crippen LogP contribution in [0.1, 0.15) is 17.5 Å². The molecule has 0 aliphatic heterocycles. The van der Waals surface area contributed by atoms with E-state index >= 15 is 0 Å². The largest absolute Gasteiger partial charge is 0.480 e. The van der Waals surface area contributed by atoms with Gasteiger partial charge in [0.05, 0.1) is 10.6 Å². The fourth-order valence-corrected chi connectivity index (χ4v) is 2.48. The van der Waals surface area contributed by atoms with Crippen LogP contribution in [0.3, 0.4) is 0 Å². The van der Waals surface area contributed by atoms with Gasteiger partial charge in [0, 0.05) is 24.5 Å². The van der Waals surface area contributed by atoms with E-state index in [1.54, 1.807) is 6.20 Å². The maximum Gasteiger partial charge on any atom is 0.419 e. The highest BCUT2D eigenvalue weighted by molar-refractivity contribution is 7.09. The predicted molar refractivity (Wildman–Crippen MR) is 80.4 cm³/mol. The van der Waals surface area contributed by atoms with Crippen LogP contribution in [0.2, 0.25) is 0 Å². The maximum atomic E-state index is 12.9. The Morgan fingerprint density at radius 1 is 1.39 bits per heavy atom. The number of nitrogens with one attached hydrogen (secondary N) is 1. The number of hydrogen-bond donors (Lipinski definition) is 1. The highest BCUT2D eigenvalue weighted by Crippen LogP contribution is 2.36. The zero-order chi connectivity index (χ0) is 16.9. The van der Waals surface area contributed by atoms with Crippen LogP contribution in [0, 0.1) is 0 Å². The number of benzene rings is 1. The van der Waals surface area contributed by atoms with E-state index in [0.717, 1.165) is 11.1 Å². The van der Waals surface area contributed by atoms with Gasteiger partial charge in [0.1, 0.15) is 5.75 Å². The Hall–Kier alpha value is -2.09. The molecule has 0 bridgehead atoms. The van der Waals surface area contributed by atoms with Gasteiger partial charge in [-0.05, 0) is 19.1 Å². The first kappa shape index (κ1) is 17.3.